The molecule has 202 valence electrons. The zero-order chi connectivity index (χ0) is 27.1. The molecule has 10 heteroatoms. The van der Waals surface area contributed by atoms with E-state index < -0.39 is 35.0 Å². The van der Waals surface area contributed by atoms with Crippen molar-refractivity contribution in [1.82, 2.24) is 4.90 Å². The number of likely N-dealkylation sites (tertiary alicyclic amines) is 1. The van der Waals surface area contributed by atoms with Crippen LogP contribution in [0.25, 0.3) is 0 Å². The fraction of sp³-hybridized carbons (Fsp3) is 0.464. The van der Waals surface area contributed by atoms with Crippen molar-refractivity contribution in [2.45, 2.75) is 43.9 Å². The van der Waals surface area contributed by atoms with Crippen molar-refractivity contribution in [2.24, 2.45) is 11.8 Å². The van der Waals surface area contributed by atoms with Crippen LogP contribution in [0.5, 0.6) is 11.5 Å². The molecule has 3 heterocycles. The molecule has 3 amide bonds. The maximum absolute atomic E-state index is 13.8. The summed E-state index contributed by atoms with van der Waals surface area (Å²) in [6.45, 7) is 3.91. The lowest BCUT2D eigenvalue weighted by molar-refractivity contribution is -0.143. The molecule has 2 aromatic rings. The van der Waals surface area contributed by atoms with Gasteiger partial charge >= 0.3 is 0 Å². The minimum absolute atomic E-state index is 0.0366. The second kappa shape index (κ2) is 9.92. The lowest BCUT2D eigenvalue weighted by atomic mass is 9.66. The lowest BCUT2D eigenvalue weighted by Gasteiger charge is -2.33. The van der Waals surface area contributed by atoms with Crippen LogP contribution in [-0.2, 0) is 19.1 Å². The zero-order valence-corrected chi connectivity index (χ0v) is 21.7. The molecule has 0 radical (unpaired) electrons. The number of β-amino-alcohol motifs (C(OH)–C–C–N with tert-alkyl or cyclic N) is 1. The second-order valence-electron chi connectivity index (χ2n) is 10.1. The third-order valence-electron chi connectivity index (χ3n) is 7.94. The van der Waals surface area contributed by atoms with Gasteiger partial charge < -0.3 is 34.9 Å². The van der Waals surface area contributed by atoms with E-state index in [1.165, 1.54) is 4.90 Å². The number of methoxy groups -OCH3 is 1. The van der Waals surface area contributed by atoms with Gasteiger partial charge in [-0.3, -0.25) is 14.4 Å². The quantitative estimate of drug-likeness (QED) is 0.461. The summed E-state index contributed by atoms with van der Waals surface area (Å²) in [5.74, 6) is -1.42. The summed E-state index contributed by atoms with van der Waals surface area (Å²) in [6, 6.07) is 12.9. The van der Waals surface area contributed by atoms with Crippen LogP contribution in [0.4, 0.5) is 11.4 Å². The molecule has 0 aromatic heterocycles. The number of benzene rings is 2. The van der Waals surface area contributed by atoms with Crippen LogP contribution < -0.4 is 20.1 Å². The van der Waals surface area contributed by atoms with Gasteiger partial charge in [-0.05, 0) is 75.2 Å². The van der Waals surface area contributed by atoms with E-state index >= 15 is 0 Å². The summed E-state index contributed by atoms with van der Waals surface area (Å²) in [6.07, 6.45) is 0.979. The van der Waals surface area contributed by atoms with Crippen LogP contribution in [0.1, 0.15) is 26.7 Å². The largest absolute Gasteiger partial charge is 0.497 e. The molecule has 5 atom stereocenters. The Labute approximate surface area is 221 Å². The molecular weight excluding hydrogens is 490 g/mol. The van der Waals surface area contributed by atoms with Gasteiger partial charge in [0.2, 0.25) is 17.7 Å². The Morgan fingerprint density at radius 2 is 1.63 bits per heavy atom. The molecule has 3 aliphatic rings. The van der Waals surface area contributed by atoms with E-state index in [1.54, 1.807) is 55.6 Å². The lowest BCUT2D eigenvalue weighted by Crippen LogP contribution is -2.53. The summed E-state index contributed by atoms with van der Waals surface area (Å²) >= 11 is 0. The molecule has 38 heavy (non-hydrogen) atoms. The second-order valence-corrected chi connectivity index (χ2v) is 10.1. The molecule has 3 N–H and O–H groups in total. The fourth-order valence-electron chi connectivity index (χ4n) is 6.38. The van der Waals surface area contributed by atoms with Gasteiger partial charge in [-0.15, -0.1) is 0 Å². The van der Waals surface area contributed by atoms with Crippen LogP contribution in [-0.4, -0.2) is 71.8 Å². The number of hydrogen-bond acceptors (Lipinski definition) is 7. The summed E-state index contributed by atoms with van der Waals surface area (Å²) < 4.78 is 17.2. The third-order valence-corrected chi connectivity index (χ3v) is 7.94. The predicted molar refractivity (Wildman–Crippen MR) is 139 cm³/mol. The number of amides is 3. The summed E-state index contributed by atoms with van der Waals surface area (Å²) in [7, 11) is 1.56. The van der Waals surface area contributed by atoms with Crippen LogP contribution in [0, 0.1) is 11.8 Å². The van der Waals surface area contributed by atoms with Crippen LogP contribution in [0.15, 0.2) is 48.5 Å². The van der Waals surface area contributed by atoms with Crippen molar-refractivity contribution in [2.75, 3.05) is 37.5 Å². The molecule has 3 aliphatic heterocycles. The van der Waals surface area contributed by atoms with Crippen LogP contribution >= 0.6 is 0 Å². The van der Waals surface area contributed by atoms with E-state index in [0.717, 1.165) is 0 Å². The first-order valence-electron chi connectivity index (χ1n) is 12.9. The van der Waals surface area contributed by atoms with Gasteiger partial charge in [0, 0.05) is 17.9 Å². The number of carbonyl (C=O) groups excluding carboxylic acids is 3. The Morgan fingerprint density at radius 3 is 2.21 bits per heavy atom. The first-order valence-corrected chi connectivity index (χ1v) is 12.9. The van der Waals surface area contributed by atoms with E-state index in [2.05, 4.69) is 10.6 Å². The zero-order valence-electron chi connectivity index (χ0n) is 21.7. The Kier molecular flexibility index (Phi) is 6.79. The maximum atomic E-state index is 13.8. The van der Waals surface area contributed by atoms with Crippen molar-refractivity contribution in [3.63, 3.8) is 0 Å². The Balaban J connectivity index is 1.42. The van der Waals surface area contributed by atoms with Crippen molar-refractivity contribution in [3.8, 4) is 11.5 Å². The number of nitrogens with one attached hydrogen (secondary N) is 2. The number of carbonyl (C=O) groups is 3. The topological polar surface area (TPSA) is 126 Å². The number of aliphatic hydroxyl groups is 1. The highest BCUT2D eigenvalue weighted by Gasteiger charge is 2.77. The molecule has 0 saturated carbocycles. The minimum Gasteiger partial charge on any atom is -0.497 e. The normalized spacial score (nSPS) is 29.2. The number of anilines is 2. The minimum atomic E-state index is -1.17. The van der Waals surface area contributed by atoms with Crippen LogP contribution in [0.2, 0.25) is 0 Å². The van der Waals surface area contributed by atoms with E-state index in [9.17, 15) is 19.5 Å². The fourth-order valence-corrected chi connectivity index (χ4v) is 6.38. The molecule has 2 bridgehead atoms. The van der Waals surface area contributed by atoms with Gasteiger partial charge in [-0.1, -0.05) is 0 Å². The number of aliphatic hydroxyl groups excluding tert-OH is 1. The molecule has 3 saturated heterocycles. The standard InChI is InChI=1S/C28H33N3O7/c1-4-37-20-11-7-17(8-12-20)29-24(33)21-22-26(35)31(15-16-32)23(28(22)14-13-27(21,2)38-28)25(34)30-18-5-9-19(36-3)10-6-18/h5-12,21-23,32H,4,13-16H2,1-3H3,(H,29,33)(H,30,34)/t21-,22-,23?,27+,28?/m0/s1. The summed E-state index contributed by atoms with van der Waals surface area (Å²) in [5, 5.41) is 15.5. The average Bonchev–Trinajstić information content (AvgIpc) is 3.47. The van der Waals surface area contributed by atoms with E-state index in [4.69, 9.17) is 14.2 Å². The number of ether oxygens (including phenoxy) is 3. The molecule has 2 unspecified atom stereocenters. The SMILES string of the molecule is CCOc1ccc(NC(=O)[C@@H]2[C@H]3C(=O)N(CCO)C(C(=O)Nc4ccc(OC)cc4)C34CC[C@@]2(C)O4)cc1. The molecule has 3 fully saturated rings. The number of fused-ring (bicyclic) bond motifs is 1. The highest BCUT2D eigenvalue weighted by atomic mass is 16.5. The van der Waals surface area contributed by atoms with Gasteiger partial charge in [0.25, 0.3) is 0 Å². The molecule has 1 spiro atoms. The monoisotopic (exact) mass is 523 g/mol. The highest BCUT2D eigenvalue weighted by molar-refractivity contribution is 6.05. The van der Waals surface area contributed by atoms with Crippen molar-refractivity contribution in [1.29, 1.82) is 0 Å². The number of hydrogen-bond donors (Lipinski definition) is 3. The van der Waals surface area contributed by atoms with Gasteiger partial charge in [-0.2, -0.15) is 0 Å². The Hall–Kier alpha value is -3.63. The number of rotatable bonds is 9. The molecule has 2 aromatic carbocycles. The van der Waals surface area contributed by atoms with Gasteiger partial charge in [0.1, 0.15) is 23.1 Å². The van der Waals surface area contributed by atoms with Crippen LogP contribution in [0.3, 0.4) is 0 Å². The van der Waals surface area contributed by atoms with Gasteiger partial charge in [0.05, 0.1) is 37.8 Å². The highest BCUT2D eigenvalue weighted by Crippen LogP contribution is 2.63. The first-order chi connectivity index (χ1) is 18.3. The van der Waals surface area contributed by atoms with Crippen molar-refractivity contribution < 1.29 is 33.7 Å². The predicted octanol–water partition coefficient (Wildman–Crippen LogP) is 2.43. The van der Waals surface area contributed by atoms with Gasteiger partial charge in [-0.25, -0.2) is 0 Å². The van der Waals surface area contributed by atoms with Crippen molar-refractivity contribution in [3.05, 3.63) is 48.5 Å². The third kappa shape index (κ3) is 4.17. The van der Waals surface area contributed by atoms with Gasteiger partial charge in [0.15, 0.2) is 0 Å². The summed E-state index contributed by atoms with van der Waals surface area (Å²) in [4.78, 5) is 42.5. The van der Waals surface area contributed by atoms with Crippen molar-refractivity contribution >= 4 is 29.1 Å². The Morgan fingerprint density at radius 1 is 1.03 bits per heavy atom. The molecule has 5 rings (SSSR count). The Bertz CT molecular complexity index is 1220. The van der Waals surface area contributed by atoms with E-state index in [0.29, 0.717) is 42.3 Å². The van der Waals surface area contributed by atoms with E-state index in [-0.39, 0.29) is 25.0 Å². The first kappa shape index (κ1) is 26.0. The summed E-state index contributed by atoms with van der Waals surface area (Å²) in [5.41, 5.74) is -0.959. The number of nitrogens with zero attached hydrogens (tertiary/aromatic N) is 1. The molecular formula is C28H33N3O7. The maximum Gasteiger partial charge on any atom is 0.250 e. The average molecular weight is 524 g/mol. The van der Waals surface area contributed by atoms with E-state index in [1.807, 2.05) is 13.8 Å². The molecule has 0 aliphatic carbocycles. The molecule has 10 nitrogen and oxygen atoms in total. The smallest absolute Gasteiger partial charge is 0.250 e.